The fourth-order valence-electron chi connectivity index (χ4n) is 4.08. The summed E-state index contributed by atoms with van der Waals surface area (Å²) in [5, 5.41) is 3.92. The molecule has 9 heteroatoms. The number of rotatable bonds is 10. The van der Waals surface area contributed by atoms with E-state index in [4.69, 9.17) is 37.4 Å². The second kappa shape index (κ2) is 12.9. The molecule has 0 saturated heterocycles. The highest BCUT2D eigenvalue weighted by atomic mass is 35.5. The SMILES string of the molecule is COc1cc(OC)cc(OCC(=O)N(Cc2ccc(Cl)c(Cl)c2)[C@H](C)C(=O)NC2CCCCC2)c1. The molecule has 2 amide bonds. The van der Waals surface area contributed by atoms with Crippen molar-refractivity contribution in [2.24, 2.45) is 0 Å². The second-order valence-corrected chi connectivity index (χ2v) is 9.44. The lowest BCUT2D eigenvalue weighted by molar-refractivity contribution is -0.142. The van der Waals surface area contributed by atoms with Crippen molar-refractivity contribution in [1.82, 2.24) is 10.2 Å². The number of amides is 2. The number of hydrogen-bond acceptors (Lipinski definition) is 5. The molecule has 0 unspecified atom stereocenters. The van der Waals surface area contributed by atoms with Crippen molar-refractivity contribution in [3.63, 3.8) is 0 Å². The number of carbonyl (C=O) groups is 2. The van der Waals surface area contributed by atoms with Gasteiger partial charge in [-0.1, -0.05) is 48.5 Å². The summed E-state index contributed by atoms with van der Waals surface area (Å²) < 4.78 is 16.3. The summed E-state index contributed by atoms with van der Waals surface area (Å²) in [5.41, 5.74) is 0.758. The largest absolute Gasteiger partial charge is 0.496 e. The maximum atomic E-state index is 13.3. The predicted molar refractivity (Wildman–Crippen MR) is 137 cm³/mol. The molecule has 1 fully saturated rings. The predicted octanol–water partition coefficient (Wildman–Crippen LogP) is 5.26. The van der Waals surface area contributed by atoms with Crippen LogP contribution in [0, 0.1) is 0 Å². The van der Waals surface area contributed by atoms with Crippen LogP contribution in [0.4, 0.5) is 0 Å². The first kappa shape index (κ1) is 27.0. The zero-order valence-corrected chi connectivity index (χ0v) is 21.8. The Morgan fingerprint density at radius 1 is 0.971 bits per heavy atom. The van der Waals surface area contributed by atoms with Gasteiger partial charge in [0.05, 0.1) is 24.3 Å². The minimum absolute atomic E-state index is 0.140. The van der Waals surface area contributed by atoms with Crippen molar-refractivity contribution in [3.05, 3.63) is 52.0 Å². The molecule has 1 N–H and O–H groups in total. The van der Waals surface area contributed by atoms with Crippen molar-refractivity contribution in [3.8, 4) is 17.2 Å². The number of halogens is 2. The van der Waals surface area contributed by atoms with E-state index >= 15 is 0 Å². The van der Waals surface area contributed by atoms with Gasteiger partial charge in [0, 0.05) is 30.8 Å². The van der Waals surface area contributed by atoms with Gasteiger partial charge in [-0.15, -0.1) is 0 Å². The monoisotopic (exact) mass is 522 g/mol. The number of methoxy groups -OCH3 is 2. The third-order valence-electron chi connectivity index (χ3n) is 6.14. The van der Waals surface area contributed by atoms with E-state index in [-0.39, 0.29) is 31.0 Å². The van der Waals surface area contributed by atoms with Crippen LogP contribution in [0.15, 0.2) is 36.4 Å². The van der Waals surface area contributed by atoms with E-state index in [1.54, 1.807) is 43.3 Å². The van der Waals surface area contributed by atoms with Crippen LogP contribution in [0.3, 0.4) is 0 Å². The first-order valence-corrected chi connectivity index (χ1v) is 12.5. The van der Waals surface area contributed by atoms with E-state index in [0.717, 1.165) is 31.2 Å². The molecule has 1 saturated carbocycles. The molecule has 0 aromatic heterocycles. The third kappa shape index (κ3) is 7.67. The zero-order valence-electron chi connectivity index (χ0n) is 20.3. The van der Waals surface area contributed by atoms with Gasteiger partial charge >= 0.3 is 0 Å². The van der Waals surface area contributed by atoms with Crippen LogP contribution < -0.4 is 19.5 Å². The minimum Gasteiger partial charge on any atom is -0.496 e. The highest BCUT2D eigenvalue weighted by Crippen LogP contribution is 2.28. The first-order valence-electron chi connectivity index (χ1n) is 11.7. The average Bonchev–Trinajstić information content (AvgIpc) is 2.87. The summed E-state index contributed by atoms with van der Waals surface area (Å²) in [7, 11) is 3.07. The van der Waals surface area contributed by atoms with Crippen molar-refractivity contribution in [1.29, 1.82) is 0 Å². The Balaban J connectivity index is 1.76. The Morgan fingerprint density at radius 2 is 1.60 bits per heavy atom. The van der Waals surface area contributed by atoms with Gasteiger partial charge in [-0.2, -0.15) is 0 Å². The normalized spacial score (nSPS) is 14.7. The van der Waals surface area contributed by atoms with Gasteiger partial charge in [0.2, 0.25) is 5.91 Å². The molecule has 2 aromatic rings. The van der Waals surface area contributed by atoms with Crippen LogP contribution in [0.2, 0.25) is 10.0 Å². The molecular weight excluding hydrogens is 491 g/mol. The fraction of sp³-hybridized carbons (Fsp3) is 0.462. The Morgan fingerprint density at radius 3 is 2.20 bits per heavy atom. The van der Waals surface area contributed by atoms with E-state index in [1.807, 2.05) is 0 Å². The zero-order chi connectivity index (χ0) is 25.4. The number of nitrogens with one attached hydrogen (secondary N) is 1. The molecule has 1 aliphatic rings. The van der Waals surface area contributed by atoms with Gasteiger partial charge in [-0.3, -0.25) is 9.59 Å². The summed E-state index contributed by atoms with van der Waals surface area (Å²) in [5.74, 6) is 0.972. The van der Waals surface area contributed by atoms with Crippen molar-refractivity contribution in [2.45, 2.75) is 57.7 Å². The Labute approximate surface area is 216 Å². The van der Waals surface area contributed by atoms with Gasteiger partial charge < -0.3 is 24.4 Å². The second-order valence-electron chi connectivity index (χ2n) is 8.63. The van der Waals surface area contributed by atoms with E-state index < -0.39 is 6.04 Å². The Bertz CT molecular complexity index is 1000. The quantitative estimate of drug-likeness (QED) is 0.460. The molecule has 0 heterocycles. The van der Waals surface area contributed by atoms with Crippen molar-refractivity contribution >= 4 is 35.0 Å². The molecular formula is C26H32Cl2N2O5. The molecule has 7 nitrogen and oxygen atoms in total. The number of hydrogen-bond donors (Lipinski definition) is 1. The Kier molecular flexibility index (Phi) is 9.93. The average molecular weight is 523 g/mol. The number of nitrogens with zero attached hydrogens (tertiary/aromatic N) is 1. The molecule has 1 atom stereocenters. The molecule has 0 aliphatic heterocycles. The van der Waals surface area contributed by atoms with Gasteiger partial charge in [0.1, 0.15) is 23.3 Å². The molecule has 1 aliphatic carbocycles. The summed E-state index contributed by atoms with van der Waals surface area (Å²) in [6.45, 7) is 1.64. The number of carbonyl (C=O) groups excluding carboxylic acids is 2. The topological polar surface area (TPSA) is 77.1 Å². The lowest BCUT2D eigenvalue weighted by atomic mass is 9.95. The minimum atomic E-state index is -0.706. The molecule has 35 heavy (non-hydrogen) atoms. The summed E-state index contributed by atoms with van der Waals surface area (Å²) in [6.07, 6.45) is 5.31. The summed E-state index contributed by atoms with van der Waals surface area (Å²) >= 11 is 12.2. The third-order valence-corrected chi connectivity index (χ3v) is 6.88. The maximum absolute atomic E-state index is 13.3. The van der Waals surface area contributed by atoms with Gasteiger partial charge in [0.25, 0.3) is 5.91 Å². The molecule has 0 radical (unpaired) electrons. The van der Waals surface area contributed by atoms with Crippen LogP contribution in [0.25, 0.3) is 0 Å². The highest BCUT2D eigenvalue weighted by molar-refractivity contribution is 6.42. The fourth-order valence-corrected chi connectivity index (χ4v) is 4.40. The van der Waals surface area contributed by atoms with Crippen molar-refractivity contribution in [2.75, 3.05) is 20.8 Å². The van der Waals surface area contributed by atoms with E-state index in [2.05, 4.69) is 5.32 Å². The molecule has 0 spiro atoms. The Hall–Kier alpha value is -2.64. The van der Waals surface area contributed by atoms with E-state index in [9.17, 15) is 9.59 Å². The van der Waals surface area contributed by atoms with Gasteiger partial charge in [0.15, 0.2) is 6.61 Å². The van der Waals surface area contributed by atoms with Crippen LogP contribution in [-0.2, 0) is 16.1 Å². The van der Waals surface area contributed by atoms with Gasteiger partial charge in [-0.05, 0) is 37.5 Å². The smallest absolute Gasteiger partial charge is 0.261 e. The van der Waals surface area contributed by atoms with E-state index in [0.29, 0.717) is 27.3 Å². The number of ether oxygens (including phenoxy) is 3. The van der Waals surface area contributed by atoms with Crippen LogP contribution >= 0.6 is 23.2 Å². The van der Waals surface area contributed by atoms with Crippen LogP contribution in [-0.4, -0.2) is 49.6 Å². The summed E-state index contributed by atoms with van der Waals surface area (Å²) in [6, 6.07) is 9.63. The van der Waals surface area contributed by atoms with Crippen LogP contribution in [0.1, 0.15) is 44.6 Å². The lowest BCUT2D eigenvalue weighted by Crippen LogP contribution is -2.51. The van der Waals surface area contributed by atoms with E-state index in [1.165, 1.54) is 25.5 Å². The van der Waals surface area contributed by atoms with Crippen LogP contribution in [0.5, 0.6) is 17.2 Å². The molecule has 190 valence electrons. The van der Waals surface area contributed by atoms with Gasteiger partial charge in [-0.25, -0.2) is 0 Å². The molecule has 2 aromatic carbocycles. The van der Waals surface area contributed by atoms with Crippen molar-refractivity contribution < 1.29 is 23.8 Å². The maximum Gasteiger partial charge on any atom is 0.261 e. The summed E-state index contributed by atoms with van der Waals surface area (Å²) in [4.78, 5) is 27.9. The molecule has 3 rings (SSSR count). The first-order chi connectivity index (χ1) is 16.8. The lowest BCUT2D eigenvalue weighted by Gasteiger charge is -2.31. The number of benzene rings is 2. The highest BCUT2D eigenvalue weighted by Gasteiger charge is 2.28. The molecule has 0 bridgehead atoms. The standard InChI is InChI=1S/C26H32Cl2N2O5/c1-17(26(32)29-19-7-5-4-6-8-19)30(15-18-9-10-23(27)24(28)11-18)25(31)16-35-22-13-20(33-2)12-21(14-22)34-3/h9-14,17,19H,4-8,15-16H2,1-3H3,(H,29,32)/t17-/m1/s1.